The zero-order chi connectivity index (χ0) is 10.9. The largest absolute Gasteiger partial charge is 0.507 e. The fourth-order valence-electron chi connectivity index (χ4n) is 0.847. The predicted molar refractivity (Wildman–Crippen MR) is 50.6 cm³/mol. The van der Waals surface area contributed by atoms with Crippen LogP contribution in [-0.2, 0) is 10.1 Å². The van der Waals surface area contributed by atoms with Gasteiger partial charge in [-0.15, -0.1) is 0 Å². The number of hydrogen-bond acceptors (Lipinski definition) is 4. The summed E-state index contributed by atoms with van der Waals surface area (Å²) in [7, 11) is -4.45. The summed E-state index contributed by atoms with van der Waals surface area (Å²) < 4.78 is 29.8. The first-order chi connectivity index (χ1) is 6.32. The molecule has 6 nitrogen and oxygen atoms in total. The van der Waals surface area contributed by atoms with Gasteiger partial charge in [0.25, 0.3) is 10.1 Å². The third kappa shape index (κ3) is 3.25. The summed E-state index contributed by atoms with van der Waals surface area (Å²) in [5, 5.41) is 17.5. The number of carboxylic acid groups (broad SMARTS) is 1. The van der Waals surface area contributed by atoms with Crippen molar-refractivity contribution in [1.82, 2.24) is 0 Å². The Balaban J connectivity index is 0.00000196. The normalized spacial score (nSPS) is 10.5. The minimum atomic E-state index is -4.45. The van der Waals surface area contributed by atoms with Gasteiger partial charge in [0.2, 0.25) is 0 Å². The average Bonchev–Trinajstić information content (AvgIpc) is 2.02. The van der Waals surface area contributed by atoms with Crippen molar-refractivity contribution in [3.05, 3.63) is 23.8 Å². The molecule has 0 aromatic heterocycles. The Morgan fingerprint density at radius 2 is 1.80 bits per heavy atom. The fraction of sp³-hybridized carbons (Fsp3) is 0. The molecular formula is C7H6LiO6S. The number of carboxylic acids is 1. The van der Waals surface area contributed by atoms with Crippen molar-refractivity contribution < 1.29 is 28.0 Å². The summed E-state index contributed by atoms with van der Waals surface area (Å²) in [6, 6.07) is 2.46. The SMILES string of the molecule is O=C(O)c1cc(S(=O)(=O)O)ccc1O.[Li]. The molecule has 0 spiro atoms. The van der Waals surface area contributed by atoms with Gasteiger partial charge in [0.05, 0.1) is 4.90 Å². The van der Waals surface area contributed by atoms with Gasteiger partial charge in [0, 0.05) is 18.9 Å². The molecule has 15 heavy (non-hydrogen) atoms. The molecule has 0 atom stereocenters. The first-order valence-corrected chi connectivity index (χ1v) is 4.80. The van der Waals surface area contributed by atoms with Crippen molar-refractivity contribution in [2.45, 2.75) is 4.90 Å². The molecule has 0 aliphatic carbocycles. The molecule has 1 radical (unpaired) electrons. The summed E-state index contributed by atoms with van der Waals surface area (Å²) >= 11 is 0. The minimum absolute atomic E-state index is 0. The van der Waals surface area contributed by atoms with Crippen molar-refractivity contribution in [2.75, 3.05) is 0 Å². The van der Waals surface area contributed by atoms with Crippen LogP contribution in [0.2, 0.25) is 0 Å². The fourth-order valence-corrected chi connectivity index (χ4v) is 1.35. The maximum Gasteiger partial charge on any atom is 0.339 e. The van der Waals surface area contributed by atoms with Crippen molar-refractivity contribution in [1.29, 1.82) is 0 Å². The molecule has 0 amide bonds. The molecule has 0 heterocycles. The standard InChI is InChI=1S/C7H6O6S.Li/c8-6-2-1-4(14(11,12)13)3-5(6)7(9)10;/h1-3,8H,(H,9,10)(H,11,12,13);. The Morgan fingerprint density at radius 1 is 1.27 bits per heavy atom. The smallest absolute Gasteiger partial charge is 0.339 e. The molecule has 1 aromatic carbocycles. The second kappa shape index (κ2) is 4.68. The molecule has 3 N–H and O–H groups in total. The Labute approximate surface area is 97.5 Å². The van der Waals surface area contributed by atoms with Crippen LogP contribution in [0.4, 0.5) is 0 Å². The minimum Gasteiger partial charge on any atom is -0.507 e. The van der Waals surface area contributed by atoms with Crippen molar-refractivity contribution >= 4 is 34.9 Å². The van der Waals surface area contributed by atoms with Gasteiger partial charge < -0.3 is 10.2 Å². The van der Waals surface area contributed by atoms with Gasteiger partial charge in [-0.05, 0) is 18.2 Å². The zero-order valence-corrected chi connectivity index (χ0v) is 8.52. The molecule has 0 bridgehead atoms. The van der Waals surface area contributed by atoms with Crippen LogP contribution in [0.5, 0.6) is 5.75 Å². The quantitative estimate of drug-likeness (QED) is 0.480. The summed E-state index contributed by atoms with van der Waals surface area (Å²) in [6.07, 6.45) is 0. The van der Waals surface area contributed by atoms with Gasteiger partial charge in [-0.2, -0.15) is 8.42 Å². The van der Waals surface area contributed by atoms with E-state index in [1.165, 1.54) is 0 Å². The van der Waals surface area contributed by atoms with Crippen LogP contribution in [0.25, 0.3) is 0 Å². The van der Waals surface area contributed by atoms with Gasteiger partial charge in [0.1, 0.15) is 11.3 Å². The molecular weight excluding hydrogens is 219 g/mol. The van der Waals surface area contributed by atoms with Crippen LogP contribution in [-0.4, -0.2) is 48.0 Å². The van der Waals surface area contributed by atoms with E-state index < -0.39 is 32.3 Å². The number of carbonyl (C=O) groups is 1. The van der Waals surface area contributed by atoms with E-state index in [9.17, 15) is 13.2 Å². The van der Waals surface area contributed by atoms with E-state index in [4.69, 9.17) is 14.8 Å². The number of phenols is 1. The van der Waals surface area contributed by atoms with E-state index >= 15 is 0 Å². The summed E-state index contributed by atoms with van der Waals surface area (Å²) in [5.41, 5.74) is -0.583. The molecule has 8 heteroatoms. The zero-order valence-electron chi connectivity index (χ0n) is 7.71. The van der Waals surface area contributed by atoms with Crippen LogP contribution in [0.15, 0.2) is 23.1 Å². The first kappa shape index (κ1) is 14.0. The Kier molecular flexibility index (Phi) is 4.37. The number of rotatable bonds is 2. The third-order valence-electron chi connectivity index (χ3n) is 1.50. The predicted octanol–water partition coefficient (Wildman–Crippen LogP) is -0.0437. The molecule has 0 aliphatic rings. The maximum atomic E-state index is 10.6. The molecule has 77 valence electrons. The van der Waals surface area contributed by atoms with Crippen molar-refractivity contribution in [3.8, 4) is 5.75 Å². The summed E-state index contributed by atoms with van der Waals surface area (Å²) in [5.74, 6) is -2.04. The molecule has 1 rings (SSSR count). The summed E-state index contributed by atoms with van der Waals surface area (Å²) in [4.78, 5) is 9.89. The topological polar surface area (TPSA) is 112 Å². The van der Waals surface area contributed by atoms with E-state index in [0.717, 1.165) is 12.1 Å². The molecule has 1 aromatic rings. The van der Waals surface area contributed by atoms with Gasteiger partial charge in [-0.3, -0.25) is 4.55 Å². The van der Waals surface area contributed by atoms with E-state index in [-0.39, 0.29) is 18.9 Å². The molecule has 0 unspecified atom stereocenters. The van der Waals surface area contributed by atoms with Crippen molar-refractivity contribution in [3.63, 3.8) is 0 Å². The number of benzene rings is 1. The second-order valence-corrected chi connectivity index (χ2v) is 3.88. The summed E-state index contributed by atoms with van der Waals surface area (Å²) in [6.45, 7) is 0. The van der Waals surface area contributed by atoms with E-state index in [2.05, 4.69) is 0 Å². The molecule has 0 saturated carbocycles. The van der Waals surface area contributed by atoms with E-state index in [1.807, 2.05) is 0 Å². The molecule has 0 saturated heterocycles. The number of aromatic hydroxyl groups is 1. The maximum absolute atomic E-state index is 10.6. The average molecular weight is 225 g/mol. The third-order valence-corrected chi connectivity index (χ3v) is 2.35. The van der Waals surface area contributed by atoms with Gasteiger partial charge in [0.15, 0.2) is 0 Å². The van der Waals surface area contributed by atoms with Crippen LogP contribution < -0.4 is 0 Å². The van der Waals surface area contributed by atoms with Crippen LogP contribution in [0.3, 0.4) is 0 Å². The Morgan fingerprint density at radius 3 is 2.20 bits per heavy atom. The van der Waals surface area contributed by atoms with E-state index in [1.54, 1.807) is 0 Å². The molecule has 0 aliphatic heterocycles. The van der Waals surface area contributed by atoms with Gasteiger partial charge in [-0.1, -0.05) is 0 Å². The monoisotopic (exact) mass is 225 g/mol. The van der Waals surface area contributed by atoms with Gasteiger partial charge in [-0.25, -0.2) is 4.79 Å². The van der Waals surface area contributed by atoms with Crippen LogP contribution >= 0.6 is 0 Å². The second-order valence-electron chi connectivity index (χ2n) is 2.46. The van der Waals surface area contributed by atoms with Crippen LogP contribution in [0.1, 0.15) is 10.4 Å². The number of aromatic carboxylic acids is 1. The molecule has 0 fully saturated rings. The van der Waals surface area contributed by atoms with Gasteiger partial charge >= 0.3 is 5.97 Å². The Bertz CT molecular complexity index is 480. The number of hydrogen-bond donors (Lipinski definition) is 3. The van der Waals surface area contributed by atoms with Crippen LogP contribution in [0, 0.1) is 0 Å². The Hall–Kier alpha value is -1.00. The van der Waals surface area contributed by atoms with Crippen molar-refractivity contribution in [2.24, 2.45) is 0 Å². The van der Waals surface area contributed by atoms with E-state index in [0.29, 0.717) is 6.07 Å². The first-order valence-electron chi connectivity index (χ1n) is 3.36.